The van der Waals surface area contributed by atoms with Crippen molar-refractivity contribution >= 4 is 5.91 Å². The second-order valence-corrected chi connectivity index (χ2v) is 4.80. The lowest BCUT2D eigenvalue weighted by molar-refractivity contribution is -0.128. The Morgan fingerprint density at radius 3 is 3.00 bits per heavy atom. The number of benzene rings is 1. The molecule has 0 saturated carbocycles. The minimum Gasteiger partial charge on any atom is -0.493 e. The zero-order chi connectivity index (χ0) is 13.9. The molecule has 2 unspecified atom stereocenters. The average Bonchev–Trinajstić information content (AvgIpc) is 2.41. The second-order valence-electron chi connectivity index (χ2n) is 4.80. The number of carbonyl (C=O) groups excluding carboxylic acids is 1. The van der Waals surface area contributed by atoms with Crippen molar-refractivity contribution < 1.29 is 14.3 Å². The Morgan fingerprint density at radius 1 is 1.58 bits per heavy atom. The molecule has 0 aliphatic carbocycles. The van der Waals surface area contributed by atoms with E-state index in [4.69, 9.17) is 15.2 Å². The van der Waals surface area contributed by atoms with Crippen LogP contribution in [0.2, 0.25) is 0 Å². The largest absolute Gasteiger partial charge is 0.493 e. The molecule has 0 radical (unpaired) electrons. The van der Waals surface area contributed by atoms with E-state index in [1.165, 1.54) is 0 Å². The molecule has 2 rings (SSSR count). The molecule has 1 amide bonds. The maximum Gasteiger partial charge on any atom is 0.242 e. The van der Waals surface area contributed by atoms with Crippen molar-refractivity contribution in [3.63, 3.8) is 0 Å². The van der Waals surface area contributed by atoms with Gasteiger partial charge in [-0.05, 0) is 6.07 Å². The van der Waals surface area contributed by atoms with Gasteiger partial charge < -0.3 is 15.2 Å². The summed E-state index contributed by atoms with van der Waals surface area (Å²) < 4.78 is 10.7. The fourth-order valence-corrected chi connectivity index (χ4v) is 2.61. The van der Waals surface area contributed by atoms with Crippen LogP contribution in [0.1, 0.15) is 12.5 Å². The predicted molar refractivity (Wildman–Crippen MR) is 71.9 cm³/mol. The molecule has 1 aliphatic rings. The molecule has 0 saturated heterocycles. The van der Waals surface area contributed by atoms with Crippen LogP contribution in [0.25, 0.3) is 0 Å². The molecule has 1 aromatic rings. The molecule has 0 aromatic heterocycles. The highest BCUT2D eigenvalue weighted by Crippen LogP contribution is 2.40. The fourth-order valence-electron chi connectivity index (χ4n) is 2.61. The summed E-state index contributed by atoms with van der Waals surface area (Å²) in [5, 5.41) is 3.26. The molecule has 1 aromatic carbocycles. The van der Waals surface area contributed by atoms with Crippen molar-refractivity contribution in [1.29, 1.82) is 0 Å². The van der Waals surface area contributed by atoms with Crippen molar-refractivity contribution in [2.75, 3.05) is 26.9 Å². The van der Waals surface area contributed by atoms with Gasteiger partial charge in [-0.2, -0.15) is 0 Å². The van der Waals surface area contributed by atoms with Crippen molar-refractivity contribution in [3.05, 3.63) is 29.8 Å². The van der Waals surface area contributed by atoms with Gasteiger partial charge in [0.05, 0.1) is 13.2 Å². The summed E-state index contributed by atoms with van der Waals surface area (Å²) in [6.45, 7) is 3.49. The summed E-state index contributed by atoms with van der Waals surface area (Å²) in [5.41, 5.74) is 5.60. The number of amides is 1. The lowest BCUT2D eigenvalue weighted by atomic mass is 9.76. The number of para-hydroxylation sites is 1. The Balaban J connectivity index is 2.42. The van der Waals surface area contributed by atoms with Crippen molar-refractivity contribution in [3.8, 4) is 5.75 Å². The predicted octanol–water partition coefficient (Wildman–Crippen LogP) is 0.632. The Hall–Kier alpha value is -1.59. The number of methoxy groups -OCH3 is 1. The number of primary amides is 1. The van der Waals surface area contributed by atoms with E-state index in [1.807, 2.05) is 31.2 Å². The second kappa shape index (κ2) is 5.59. The lowest BCUT2D eigenvalue weighted by Crippen LogP contribution is -2.60. The zero-order valence-corrected chi connectivity index (χ0v) is 11.3. The molecule has 5 heteroatoms. The number of nitrogens with one attached hydrogen (secondary N) is 1. The molecule has 0 fully saturated rings. The number of fused-ring (bicyclic) bond motifs is 1. The van der Waals surface area contributed by atoms with Gasteiger partial charge in [-0.1, -0.05) is 25.1 Å². The lowest BCUT2D eigenvalue weighted by Gasteiger charge is -2.42. The van der Waals surface area contributed by atoms with Gasteiger partial charge in [-0.3, -0.25) is 10.1 Å². The minimum absolute atomic E-state index is 0.0447. The normalized spacial score (nSPS) is 25.5. The number of nitrogens with two attached hydrogens (primary N) is 1. The Morgan fingerprint density at radius 2 is 2.32 bits per heavy atom. The third kappa shape index (κ3) is 2.31. The average molecular weight is 264 g/mol. The molecule has 2 atom stereocenters. The highest BCUT2D eigenvalue weighted by atomic mass is 16.5. The summed E-state index contributed by atoms with van der Waals surface area (Å²) in [4.78, 5) is 12.1. The van der Waals surface area contributed by atoms with Gasteiger partial charge in [0.15, 0.2) is 0 Å². The van der Waals surface area contributed by atoms with Crippen LogP contribution in [0.4, 0.5) is 0 Å². The molecule has 0 bridgehead atoms. The third-order valence-corrected chi connectivity index (χ3v) is 3.64. The van der Waals surface area contributed by atoms with Crippen LogP contribution in [0.15, 0.2) is 24.3 Å². The maximum absolute atomic E-state index is 12.1. The minimum atomic E-state index is -0.895. The smallest absolute Gasteiger partial charge is 0.242 e. The van der Waals surface area contributed by atoms with E-state index >= 15 is 0 Å². The molecule has 1 aliphatic heterocycles. The Bertz CT molecular complexity index is 464. The van der Waals surface area contributed by atoms with Crippen molar-refractivity contribution in [2.45, 2.75) is 12.5 Å². The first kappa shape index (κ1) is 13.8. The summed E-state index contributed by atoms with van der Waals surface area (Å²) in [6.07, 6.45) is 0. The van der Waals surface area contributed by atoms with E-state index in [0.717, 1.165) is 5.56 Å². The molecule has 5 nitrogen and oxygen atoms in total. The van der Waals surface area contributed by atoms with Gasteiger partial charge in [0.25, 0.3) is 0 Å². The number of hydrogen-bond acceptors (Lipinski definition) is 4. The molecule has 1 heterocycles. The summed E-state index contributed by atoms with van der Waals surface area (Å²) >= 11 is 0. The highest BCUT2D eigenvalue weighted by molar-refractivity contribution is 5.88. The van der Waals surface area contributed by atoms with Crippen LogP contribution in [0.5, 0.6) is 5.75 Å². The molecule has 0 spiro atoms. The quantitative estimate of drug-likeness (QED) is 0.765. The first-order valence-electron chi connectivity index (χ1n) is 6.39. The standard InChI is InChI=1S/C14H20N2O3/c1-10-9-19-12-6-4-3-5-11(12)14(10,13(15)17)16-7-8-18-2/h3-6,10,16H,7-9H2,1-2H3,(H2,15,17). The zero-order valence-electron chi connectivity index (χ0n) is 11.3. The van der Waals surface area contributed by atoms with Gasteiger partial charge >= 0.3 is 0 Å². The monoisotopic (exact) mass is 264 g/mol. The van der Waals surface area contributed by atoms with E-state index in [1.54, 1.807) is 7.11 Å². The van der Waals surface area contributed by atoms with E-state index in [0.29, 0.717) is 25.5 Å². The Labute approximate surface area is 113 Å². The molecule has 19 heavy (non-hydrogen) atoms. The number of hydrogen-bond donors (Lipinski definition) is 2. The van der Waals surface area contributed by atoms with Crippen LogP contribution in [-0.4, -0.2) is 32.8 Å². The van der Waals surface area contributed by atoms with Gasteiger partial charge in [0, 0.05) is 25.1 Å². The van der Waals surface area contributed by atoms with Crippen LogP contribution >= 0.6 is 0 Å². The van der Waals surface area contributed by atoms with Gasteiger partial charge in [-0.25, -0.2) is 0 Å². The summed E-state index contributed by atoms with van der Waals surface area (Å²) in [7, 11) is 1.62. The van der Waals surface area contributed by atoms with Gasteiger partial charge in [-0.15, -0.1) is 0 Å². The SMILES string of the molecule is COCCNC1(C(N)=O)c2ccccc2OCC1C. The van der Waals surface area contributed by atoms with E-state index < -0.39 is 5.54 Å². The van der Waals surface area contributed by atoms with Crippen LogP contribution < -0.4 is 15.8 Å². The number of ether oxygens (including phenoxy) is 2. The summed E-state index contributed by atoms with van der Waals surface area (Å²) in [6, 6.07) is 7.51. The van der Waals surface area contributed by atoms with Crippen LogP contribution in [0, 0.1) is 5.92 Å². The van der Waals surface area contributed by atoms with Gasteiger partial charge in [0.1, 0.15) is 11.3 Å². The number of rotatable bonds is 5. The van der Waals surface area contributed by atoms with E-state index in [2.05, 4.69) is 5.32 Å². The Kier molecular flexibility index (Phi) is 4.07. The summed E-state index contributed by atoms with van der Waals surface area (Å²) in [5.74, 6) is 0.285. The fraction of sp³-hybridized carbons (Fsp3) is 0.500. The van der Waals surface area contributed by atoms with Crippen LogP contribution in [-0.2, 0) is 15.1 Å². The maximum atomic E-state index is 12.1. The van der Waals surface area contributed by atoms with Crippen LogP contribution in [0.3, 0.4) is 0 Å². The molecule has 3 N–H and O–H groups in total. The topological polar surface area (TPSA) is 73.6 Å². The van der Waals surface area contributed by atoms with Gasteiger partial charge in [0.2, 0.25) is 5.91 Å². The van der Waals surface area contributed by atoms with E-state index in [9.17, 15) is 4.79 Å². The van der Waals surface area contributed by atoms with E-state index in [-0.39, 0.29) is 11.8 Å². The molecular formula is C14H20N2O3. The first-order valence-corrected chi connectivity index (χ1v) is 6.39. The highest BCUT2D eigenvalue weighted by Gasteiger charge is 2.47. The molecular weight excluding hydrogens is 244 g/mol. The molecule has 104 valence electrons. The third-order valence-electron chi connectivity index (χ3n) is 3.64. The van der Waals surface area contributed by atoms with Crippen molar-refractivity contribution in [1.82, 2.24) is 5.32 Å². The first-order chi connectivity index (χ1) is 9.13. The van der Waals surface area contributed by atoms with Crippen molar-refractivity contribution in [2.24, 2.45) is 11.7 Å². The number of carbonyl (C=O) groups is 1.